The second-order valence-corrected chi connectivity index (χ2v) is 6.51. The molecule has 28 heavy (non-hydrogen) atoms. The smallest absolute Gasteiger partial charge is 0.326 e. The third kappa shape index (κ3) is 4.43. The van der Waals surface area contributed by atoms with Gasteiger partial charge < -0.3 is 10.1 Å². The van der Waals surface area contributed by atoms with Crippen LogP contribution in [-0.4, -0.2) is 28.0 Å². The Morgan fingerprint density at radius 2 is 1.89 bits per heavy atom. The van der Waals surface area contributed by atoms with Crippen LogP contribution in [0.5, 0.6) is 0 Å². The second-order valence-electron chi connectivity index (χ2n) is 6.51. The molecule has 0 saturated carbocycles. The molecule has 3 aromatic rings. The van der Waals surface area contributed by atoms with Gasteiger partial charge in [-0.15, -0.1) is 0 Å². The fraction of sp³-hybridized carbons (Fsp3) is 0.238. The minimum Gasteiger partial charge on any atom is -0.454 e. The Kier molecular flexibility index (Phi) is 5.84. The Labute approximate surface area is 162 Å². The van der Waals surface area contributed by atoms with Gasteiger partial charge in [0.2, 0.25) is 0 Å². The summed E-state index contributed by atoms with van der Waals surface area (Å²) in [5.41, 5.74) is 2.11. The summed E-state index contributed by atoms with van der Waals surface area (Å²) < 4.78 is 6.17. The lowest BCUT2D eigenvalue weighted by Gasteiger charge is -2.14. The topological polar surface area (TPSA) is 90.3 Å². The summed E-state index contributed by atoms with van der Waals surface area (Å²) in [6, 6.07) is 14.6. The normalized spacial score (nSPS) is 11.8. The number of aromatic nitrogens is 2. The molecule has 1 amide bonds. The molecule has 2 aromatic carbocycles. The number of carbonyl (C=O) groups excluding carboxylic acids is 2. The Morgan fingerprint density at radius 1 is 1.14 bits per heavy atom. The van der Waals surface area contributed by atoms with E-state index in [4.69, 9.17) is 4.74 Å². The van der Waals surface area contributed by atoms with E-state index < -0.39 is 18.5 Å². The highest BCUT2D eigenvalue weighted by Crippen LogP contribution is 2.12. The number of rotatable bonds is 6. The van der Waals surface area contributed by atoms with Crippen LogP contribution in [0.25, 0.3) is 10.9 Å². The van der Waals surface area contributed by atoms with Crippen LogP contribution < -0.4 is 10.9 Å². The number of para-hydroxylation sites is 1. The Morgan fingerprint density at radius 3 is 2.64 bits per heavy atom. The molecular formula is C21H21N3O4. The highest BCUT2D eigenvalue weighted by Gasteiger charge is 2.13. The largest absolute Gasteiger partial charge is 0.454 e. The fourth-order valence-electron chi connectivity index (χ4n) is 2.89. The lowest BCUT2D eigenvalue weighted by Crippen LogP contribution is -2.32. The molecule has 0 bridgehead atoms. The Hall–Kier alpha value is -3.48. The van der Waals surface area contributed by atoms with Gasteiger partial charge in [-0.1, -0.05) is 42.5 Å². The second kappa shape index (κ2) is 8.47. The Balaban J connectivity index is 1.57. The highest BCUT2D eigenvalue weighted by molar-refractivity contribution is 5.82. The van der Waals surface area contributed by atoms with Crippen molar-refractivity contribution in [2.24, 2.45) is 0 Å². The van der Waals surface area contributed by atoms with Gasteiger partial charge in [0, 0.05) is 0 Å². The molecule has 0 aliphatic heterocycles. The van der Waals surface area contributed by atoms with E-state index in [0.717, 1.165) is 11.1 Å². The summed E-state index contributed by atoms with van der Waals surface area (Å²) in [6.07, 6.45) is 1.32. The first kappa shape index (κ1) is 19.3. The molecule has 1 aromatic heterocycles. The highest BCUT2D eigenvalue weighted by atomic mass is 16.5. The lowest BCUT2D eigenvalue weighted by molar-refractivity contribution is -0.149. The number of hydrogen-bond acceptors (Lipinski definition) is 5. The first-order valence-electron chi connectivity index (χ1n) is 8.90. The number of aryl methyl sites for hydroxylation is 1. The third-order valence-corrected chi connectivity index (χ3v) is 4.40. The third-order valence-electron chi connectivity index (χ3n) is 4.40. The number of fused-ring (bicyclic) bond motifs is 1. The van der Waals surface area contributed by atoms with Gasteiger partial charge >= 0.3 is 5.97 Å². The summed E-state index contributed by atoms with van der Waals surface area (Å²) >= 11 is 0. The van der Waals surface area contributed by atoms with Crippen molar-refractivity contribution in [2.75, 3.05) is 6.61 Å². The van der Waals surface area contributed by atoms with E-state index in [9.17, 15) is 14.4 Å². The SMILES string of the molecule is Cc1cccc2c(=O)n(CC(=O)OCC(=O)NC(C)c3ccccc3)cnc12. The summed E-state index contributed by atoms with van der Waals surface area (Å²) in [4.78, 5) is 40.8. The van der Waals surface area contributed by atoms with Crippen molar-refractivity contribution in [3.05, 3.63) is 76.3 Å². The van der Waals surface area contributed by atoms with E-state index in [-0.39, 0.29) is 18.1 Å². The van der Waals surface area contributed by atoms with Crippen molar-refractivity contribution >= 4 is 22.8 Å². The van der Waals surface area contributed by atoms with Crippen molar-refractivity contribution < 1.29 is 14.3 Å². The van der Waals surface area contributed by atoms with E-state index >= 15 is 0 Å². The Bertz CT molecular complexity index is 1060. The van der Waals surface area contributed by atoms with Crippen molar-refractivity contribution in [3.63, 3.8) is 0 Å². The first-order chi connectivity index (χ1) is 13.5. The van der Waals surface area contributed by atoms with E-state index in [2.05, 4.69) is 10.3 Å². The first-order valence-corrected chi connectivity index (χ1v) is 8.90. The molecule has 0 fully saturated rings. The van der Waals surface area contributed by atoms with Gasteiger partial charge in [-0.05, 0) is 31.0 Å². The van der Waals surface area contributed by atoms with Crippen LogP contribution in [0.4, 0.5) is 0 Å². The van der Waals surface area contributed by atoms with E-state index in [1.165, 1.54) is 10.9 Å². The molecule has 7 heteroatoms. The van der Waals surface area contributed by atoms with Crippen LogP contribution >= 0.6 is 0 Å². The molecule has 0 aliphatic carbocycles. The maximum absolute atomic E-state index is 12.5. The van der Waals surface area contributed by atoms with Gasteiger partial charge in [-0.2, -0.15) is 0 Å². The van der Waals surface area contributed by atoms with Crippen LogP contribution in [0.2, 0.25) is 0 Å². The average Bonchev–Trinajstić information content (AvgIpc) is 2.70. The zero-order valence-corrected chi connectivity index (χ0v) is 15.7. The minimum atomic E-state index is -0.682. The average molecular weight is 379 g/mol. The van der Waals surface area contributed by atoms with Crippen LogP contribution in [0, 0.1) is 6.92 Å². The molecule has 3 rings (SSSR count). The predicted octanol–water partition coefficient (Wildman–Crippen LogP) is 2.13. The zero-order chi connectivity index (χ0) is 20.1. The van der Waals surface area contributed by atoms with Crippen LogP contribution in [0.3, 0.4) is 0 Å². The quantitative estimate of drug-likeness (QED) is 0.663. The molecule has 1 heterocycles. The molecule has 0 saturated heterocycles. The van der Waals surface area contributed by atoms with Crippen molar-refractivity contribution in [1.29, 1.82) is 0 Å². The number of nitrogens with zero attached hydrogens (tertiary/aromatic N) is 2. The molecule has 7 nitrogen and oxygen atoms in total. The molecule has 1 atom stereocenters. The molecule has 0 aliphatic rings. The molecule has 0 radical (unpaired) electrons. The number of esters is 1. The van der Waals surface area contributed by atoms with E-state index in [1.54, 1.807) is 12.1 Å². The van der Waals surface area contributed by atoms with Gasteiger partial charge in [-0.25, -0.2) is 4.98 Å². The van der Waals surface area contributed by atoms with E-state index in [1.807, 2.05) is 50.2 Å². The van der Waals surface area contributed by atoms with Crippen LogP contribution in [-0.2, 0) is 20.9 Å². The molecular weight excluding hydrogens is 358 g/mol. The van der Waals surface area contributed by atoms with Crippen molar-refractivity contribution in [3.8, 4) is 0 Å². The van der Waals surface area contributed by atoms with Gasteiger partial charge in [0.05, 0.1) is 23.3 Å². The maximum Gasteiger partial charge on any atom is 0.326 e. The summed E-state index contributed by atoms with van der Waals surface area (Å²) in [5.74, 6) is -1.09. The zero-order valence-electron chi connectivity index (χ0n) is 15.7. The van der Waals surface area contributed by atoms with Crippen molar-refractivity contribution in [1.82, 2.24) is 14.9 Å². The van der Waals surface area contributed by atoms with Crippen LogP contribution in [0.1, 0.15) is 24.1 Å². The molecule has 1 unspecified atom stereocenters. The number of hydrogen-bond donors (Lipinski definition) is 1. The van der Waals surface area contributed by atoms with Crippen LogP contribution in [0.15, 0.2) is 59.7 Å². The number of nitrogens with one attached hydrogen (secondary N) is 1. The van der Waals surface area contributed by atoms with Gasteiger partial charge in [0.1, 0.15) is 6.54 Å². The molecule has 0 spiro atoms. The number of amides is 1. The summed E-state index contributed by atoms with van der Waals surface area (Å²) in [7, 11) is 0. The van der Waals surface area contributed by atoms with Crippen molar-refractivity contribution in [2.45, 2.75) is 26.4 Å². The standard InChI is InChI=1S/C21H21N3O4/c1-14-7-6-10-17-20(14)22-13-24(21(17)27)11-19(26)28-12-18(25)23-15(2)16-8-4-3-5-9-16/h3-10,13,15H,11-12H2,1-2H3,(H,23,25). The van der Waals surface area contributed by atoms with Gasteiger partial charge in [0.25, 0.3) is 11.5 Å². The molecule has 144 valence electrons. The summed E-state index contributed by atoms with van der Waals surface area (Å²) in [5, 5.41) is 3.20. The number of benzene rings is 2. The predicted molar refractivity (Wildman–Crippen MR) is 105 cm³/mol. The van der Waals surface area contributed by atoms with Gasteiger partial charge in [-0.3, -0.25) is 19.0 Å². The molecule has 1 N–H and O–H groups in total. The lowest BCUT2D eigenvalue weighted by atomic mass is 10.1. The van der Waals surface area contributed by atoms with E-state index in [0.29, 0.717) is 10.9 Å². The monoisotopic (exact) mass is 379 g/mol. The fourth-order valence-corrected chi connectivity index (χ4v) is 2.89. The summed E-state index contributed by atoms with van der Waals surface area (Å²) in [6.45, 7) is 2.99. The maximum atomic E-state index is 12.5. The number of carbonyl (C=O) groups is 2. The van der Waals surface area contributed by atoms with Gasteiger partial charge in [0.15, 0.2) is 6.61 Å². The number of ether oxygens (including phenoxy) is 1. The minimum absolute atomic E-state index is 0.206.